The van der Waals surface area contributed by atoms with Gasteiger partial charge in [0.25, 0.3) is 5.91 Å². The molecule has 2 amide bonds. The first-order chi connectivity index (χ1) is 11.5. The molecule has 1 aliphatic rings. The van der Waals surface area contributed by atoms with E-state index in [1.807, 2.05) is 24.0 Å². The van der Waals surface area contributed by atoms with Gasteiger partial charge in [-0.2, -0.15) is 0 Å². The summed E-state index contributed by atoms with van der Waals surface area (Å²) in [4.78, 5) is 36.4. The van der Waals surface area contributed by atoms with E-state index in [2.05, 4.69) is 15.3 Å². The third-order valence-corrected chi connectivity index (χ3v) is 5.02. The molecule has 1 N–H and O–H groups in total. The standard InChI is InChI=1S/C17H20N4O2S/c1-11-5-6-16(24-11)17(23)21-7-3-4-15(21)14-10-18-8-13(20-14)9-19-12(2)22/h5-6,8,10,15H,3-4,7,9H2,1-2H3,(H,19,22)/t15-/m0/s1. The quantitative estimate of drug-likeness (QED) is 0.924. The van der Waals surface area contributed by atoms with E-state index in [1.54, 1.807) is 12.4 Å². The third kappa shape index (κ3) is 3.62. The molecular weight excluding hydrogens is 324 g/mol. The monoisotopic (exact) mass is 344 g/mol. The van der Waals surface area contributed by atoms with Gasteiger partial charge in [0, 0.05) is 18.3 Å². The number of amides is 2. The van der Waals surface area contributed by atoms with Crippen molar-refractivity contribution in [2.45, 2.75) is 39.3 Å². The Labute approximate surface area is 144 Å². The van der Waals surface area contributed by atoms with Gasteiger partial charge in [-0.1, -0.05) is 0 Å². The lowest BCUT2D eigenvalue weighted by molar-refractivity contribution is -0.119. The van der Waals surface area contributed by atoms with Crippen LogP contribution in [0.15, 0.2) is 24.5 Å². The molecule has 6 nitrogen and oxygen atoms in total. The number of nitrogens with one attached hydrogen (secondary N) is 1. The van der Waals surface area contributed by atoms with Gasteiger partial charge in [0.1, 0.15) is 0 Å². The molecule has 0 aromatic carbocycles. The molecule has 0 bridgehead atoms. The summed E-state index contributed by atoms with van der Waals surface area (Å²) >= 11 is 1.52. The van der Waals surface area contributed by atoms with E-state index < -0.39 is 0 Å². The predicted molar refractivity (Wildman–Crippen MR) is 91.6 cm³/mol. The molecule has 126 valence electrons. The highest BCUT2D eigenvalue weighted by molar-refractivity contribution is 7.13. The van der Waals surface area contributed by atoms with E-state index >= 15 is 0 Å². The highest BCUT2D eigenvalue weighted by atomic mass is 32.1. The lowest BCUT2D eigenvalue weighted by atomic mass is 10.1. The first kappa shape index (κ1) is 16.6. The van der Waals surface area contributed by atoms with Gasteiger partial charge in [0.2, 0.25) is 5.91 Å². The molecule has 2 aromatic heterocycles. The van der Waals surface area contributed by atoms with E-state index in [4.69, 9.17) is 0 Å². The molecule has 0 radical (unpaired) electrons. The third-order valence-electron chi connectivity index (χ3n) is 4.03. The molecule has 7 heteroatoms. The number of nitrogens with zero attached hydrogens (tertiary/aromatic N) is 3. The van der Waals surface area contributed by atoms with Crippen LogP contribution >= 0.6 is 11.3 Å². The average Bonchev–Trinajstić information content (AvgIpc) is 3.21. The van der Waals surface area contributed by atoms with Gasteiger partial charge in [-0.25, -0.2) is 0 Å². The van der Waals surface area contributed by atoms with Crippen molar-refractivity contribution in [1.29, 1.82) is 0 Å². The van der Waals surface area contributed by atoms with Crippen LogP contribution in [-0.4, -0.2) is 33.2 Å². The molecule has 3 heterocycles. The maximum Gasteiger partial charge on any atom is 0.264 e. The van der Waals surface area contributed by atoms with Crippen LogP contribution < -0.4 is 5.32 Å². The molecule has 0 saturated carbocycles. The molecule has 1 fully saturated rings. The number of thiophene rings is 1. The van der Waals surface area contributed by atoms with Crippen molar-refractivity contribution in [3.8, 4) is 0 Å². The van der Waals surface area contributed by atoms with E-state index in [-0.39, 0.29) is 17.9 Å². The number of aryl methyl sites for hydroxylation is 1. The molecule has 0 aliphatic carbocycles. The second kappa shape index (κ2) is 7.09. The van der Waals surface area contributed by atoms with Crippen molar-refractivity contribution in [1.82, 2.24) is 20.2 Å². The van der Waals surface area contributed by atoms with Gasteiger partial charge in [0.05, 0.1) is 41.2 Å². The fourth-order valence-corrected chi connectivity index (χ4v) is 3.72. The molecule has 1 aliphatic heterocycles. The van der Waals surface area contributed by atoms with Crippen molar-refractivity contribution >= 4 is 23.2 Å². The summed E-state index contributed by atoms with van der Waals surface area (Å²) in [5, 5.41) is 2.72. The largest absolute Gasteiger partial charge is 0.351 e. The Kier molecular flexibility index (Phi) is 4.89. The Bertz CT molecular complexity index is 759. The second-order valence-corrected chi connectivity index (χ2v) is 7.20. The molecule has 1 saturated heterocycles. The second-order valence-electron chi connectivity index (χ2n) is 5.91. The lowest BCUT2D eigenvalue weighted by Gasteiger charge is -2.23. The number of rotatable bonds is 4. The molecule has 3 rings (SSSR count). The summed E-state index contributed by atoms with van der Waals surface area (Å²) in [5.41, 5.74) is 1.49. The Morgan fingerprint density at radius 3 is 2.92 bits per heavy atom. The van der Waals surface area contributed by atoms with Gasteiger partial charge < -0.3 is 10.2 Å². The average molecular weight is 344 g/mol. The molecule has 24 heavy (non-hydrogen) atoms. The van der Waals surface area contributed by atoms with Crippen LogP contribution in [0.1, 0.15) is 51.7 Å². The van der Waals surface area contributed by atoms with Gasteiger partial charge >= 0.3 is 0 Å². The van der Waals surface area contributed by atoms with Crippen LogP contribution in [0.2, 0.25) is 0 Å². The summed E-state index contributed by atoms with van der Waals surface area (Å²) in [6.07, 6.45) is 5.20. The summed E-state index contributed by atoms with van der Waals surface area (Å²) in [6.45, 7) is 4.55. The molecular formula is C17H20N4O2S. The van der Waals surface area contributed by atoms with Crippen LogP contribution in [0.25, 0.3) is 0 Å². The molecule has 0 unspecified atom stereocenters. The fraction of sp³-hybridized carbons (Fsp3) is 0.412. The topological polar surface area (TPSA) is 75.2 Å². The van der Waals surface area contributed by atoms with Crippen LogP contribution in [-0.2, 0) is 11.3 Å². The summed E-state index contributed by atoms with van der Waals surface area (Å²) < 4.78 is 0. The fourth-order valence-electron chi connectivity index (χ4n) is 2.89. The van der Waals surface area contributed by atoms with Crippen molar-refractivity contribution < 1.29 is 9.59 Å². The minimum atomic E-state index is -0.104. The number of hydrogen-bond acceptors (Lipinski definition) is 5. The van der Waals surface area contributed by atoms with Crippen molar-refractivity contribution in [2.75, 3.05) is 6.54 Å². The zero-order valence-corrected chi connectivity index (χ0v) is 14.6. The highest BCUT2D eigenvalue weighted by Crippen LogP contribution is 2.33. The van der Waals surface area contributed by atoms with Gasteiger partial charge in [-0.15, -0.1) is 11.3 Å². The minimum absolute atomic E-state index is 0.0512. The number of carbonyl (C=O) groups is 2. The molecule has 1 atom stereocenters. The number of aromatic nitrogens is 2. The molecule has 0 spiro atoms. The van der Waals surface area contributed by atoms with Crippen LogP contribution in [0.5, 0.6) is 0 Å². The van der Waals surface area contributed by atoms with E-state index in [0.29, 0.717) is 12.2 Å². The minimum Gasteiger partial charge on any atom is -0.351 e. The van der Waals surface area contributed by atoms with Crippen LogP contribution in [0.3, 0.4) is 0 Å². The first-order valence-corrected chi connectivity index (χ1v) is 8.79. The normalized spacial score (nSPS) is 17.1. The number of carbonyl (C=O) groups excluding carboxylic acids is 2. The van der Waals surface area contributed by atoms with Crippen LogP contribution in [0, 0.1) is 6.92 Å². The zero-order valence-electron chi connectivity index (χ0n) is 13.8. The lowest BCUT2D eigenvalue weighted by Crippen LogP contribution is -2.30. The van der Waals surface area contributed by atoms with Crippen molar-refractivity contribution in [3.63, 3.8) is 0 Å². The van der Waals surface area contributed by atoms with Gasteiger partial charge in [0.15, 0.2) is 0 Å². The van der Waals surface area contributed by atoms with Crippen molar-refractivity contribution in [2.24, 2.45) is 0 Å². The van der Waals surface area contributed by atoms with E-state index in [9.17, 15) is 9.59 Å². The maximum atomic E-state index is 12.8. The van der Waals surface area contributed by atoms with Gasteiger partial charge in [-0.05, 0) is 31.9 Å². The van der Waals surface area contributed by atoms with Crippen LogP contribution in [0.4, 0.5) is 0 Å². The van der Waals surface area contributed by atoms with E-state index in [1.165, 1.54) is 18.3 Å². The summed E-state index contributed by atoms with van der Waals surface area (Å²) in [5.74, 6) is -0.0439. The SMILES string of the molecule is CC(=O)NCc1cncc([C@@H]2CCCN2C(=O)c2ccc(C)s2)n1. The van der Waals surface area contributed by atoms with Crippen molar-refractivity contribution in [3.05, 3.63) is 45.7 Å². The highest BCUT2D eigenvalue weighted by Gasteiger charge is 2.32. The summed E-state index contributed by atoms with van der Waals surface area (Å²) in [7, 11) is 0. The smallest absolute Gasteiger partial charge is 0.264 e. The Hall–Kier alpha value is -2.28. The van der Waals surface area contributed by atoms with E-state index in [0.717, 1.165) is 34.8 Å². The Morgan fingerprint density at radius 2 is 2.21 bits per heavy atom. The zero-order chi connectivity index (χ0) is 17.1. The number of hydrogen-bond donors (Lipinski definition) is 1. The Balaban J connectivity index is 1.79. The number of likely N-dealkylation sites (tertiary alicyclic amines) is 1. The first-order valence-electron chi connectivity index (χ1n) is 7.97. The Morgan fingerprint density at radius 1 is 1.38 bits per heavy atom. The predicted octanol–water partition coefficient (Wildman–Crippen LogP) is 2.46. The summed E-state index contributed by atoms with van der Waals surface area (Å²) in [6, 6.07) is 3.80. The molecule has 2 aromatic rings. The maximum absolute atomic E-state index is 12.8. The van der Waals surface area contributed by atoms with Gasteiger partial charge in [-0.3, -0.25) is 19.6 Å².